The van der Waals surface area contributed by atoms with Crippen LogP contribution in [0, 0.1) is 5.41 Å². The van der Waals surface area contributed by atoms with E-state index in [1.807, 2.05) is 6.92 Å². The van der Waals surface area contributed by atoms with Crippen molar-refractivity contribution in [2.45, 2.75) is 27.2 Å². The third-order valence-electron chi connectivity index (χ3n) is 2.89. The maximum atomic E-state index is 11.8. The number of carbonyl (C=O) groups excluding carboxylic acids is 1. The smallest absolute Gasteiger partial charge is 0.232 e. The summed E-state index contributed by atoms with van der Waals surface area (Å²) in [6.45, 7) is 5.12. The molecule has 3 N–H and O–H groups in total. The molecule has 0 bridgehead atoms. The lowest BCUT2D eigenvalue weighted by Gasteiger charge is -2.25. The zero-order valence-corrected chi connectivity index (χ0v) is 12.1. The third kappa shape index (κ3) is 4.59. The van der Waals surface area contributed by atoms with E-state index >= 15 is 0 Å². The first kappa shape index (κ1) is 16.3. The van der Waals surface area contributed by atoms with E-state index in [4.69, 9.17) is 18.0 Å². The van der Waals surface area contributed by atoms with Gasteiger partial charge in [0.15, 0.2) is 9.84 Å². The van der Waals surface area contributed by atoms with Crippen molar-refractivity contribution in [3.05, 3.63) is 0 Å². The Labute approximate surface area is 108 Å². The van der Waals surface area contributed by atoms with Crippen LogP contribution in [0.25, 0.3) is 0 Å². The lowest BCUT2D eigenvalue weighted by molar-refractivity contribution is -0.126. The van der Waals surface area contributed by atoms with Gasteiger partial charge in [-0.2, -0.15) is 0 Å². The number of thiocarbonyl (C=S) groups is 1. The topological polar surface area (TPSA) is 89.3 Å². The Hall–Kier alpha value is -0.690. The van der Waals surface area contributed by atoms with E-state index in [0.717, 1.165) is 0 Å². The molecule has 1 amide bonds. The van der Waals surface area contributed by atoms with Gasteiger partial charge in [0.2, 0.25) is 5.91 Å². The second kappa shape index (κ2) is 6.30. The van der Waals surface area contributed by atoms with Crippen molar-refractivity contribution in [2.24, 2.45) is 11.1 Å². The summed E-state index contributed by atoms with van der Waals surface area (Å²) < 4.78 is 22.5. The number of carbonyl (C=O) groups is 1. The number of hydrogen-bond donors (Lipinski definition) is 2. The number of nitrogens with two attached hydrogens (primary N) is 1. The fourth-order valence-corrected chi connectivity index (χ4v) is 2.04. The van der Waals surface area contributed by atoms with Gasteiger partial charge in [-0.1, -0.05) is 26.1 Å². The molecular weight excluding hydrogens is 260 g/mol. The SMILES string of the molecule is CCC(C)(C(=O)NCCS(=O)(=O)CC)C(N)=S. The summed E-state index contributed by atoms with van der Waals surface area (Å²) in [5.74, 6) is -0.311. The molecule has 5 nitrogen and oxygen atoms in total. The quantitative estimate of drug-likeness (QED) is 0.652. The van der Waals surface area contributed by atoms with Crippen molar-refractivity contribution in [1.29, 1.82) is 0 Å². The first-order valence-corrected chi connectivity index (χ1v) is 7.71. The minimum atomic E-state index is -3.07. The number of amides is 1. The maximum Gasteiger partial charge on any atom is 0.232 e. The number of rotatable bonds is 7. The van der Waals surface area contributed by atoms with Crippen LogP contribution in [0.5, 0.6) is 0 Å². The molecule has 0 spiro atoms. The van der Waals surface area contributed by atoms with Crippen LogP contribution in [-0.2, 0) is 14.6 Å². The minimum Gasteiger partial charge on any atom is -0.392 e. The molecular formula is C10H20N2O3S2. The summed E-state index contributed by atoms with van der Waals surface area (Å²) in [6.07, 6.45) is 0.481. The van der Waals surface area contributed by atoms with Gasteiger partial charge in [-0.25, -0.2) is 8.42 Å². The number of hydrogen-bond acceptors (Lipinski definition) is 4. The zero-order valence-electron chi connectivity index (χ0n) is 10.4. The van der Waals surface area contributed by atoms with Gasteiger partial charge >= 0.3 is 0 Å². The van der Waals surface area contributed by atoms with Crippen molar-refractivity contribution in [2.75, 3.05) is 18.1 Å². The van der Waals surface area contributed by atoms with E-state index < -0.39 is 15.3 Å². The number of nitrogens with one attached hydrogen (secondary N) is 1. The van der Waals surface area contributed by atoms with Crippen LogP contribution in [0.15, 0.2) is 0 Å². The summed E-state index contributed by atoms with van der Waals surface area (Å²) >= 11 is 4.85. The van der Waals surface area contributed by atoms with E-state index in [9.17, 15) is 13.2 Å². The van der Waals surface area contributed by atoms with Gasteiger partial charge in [0.25, 0.3) is 0 Å². The van der Waals surface area contributed by atoms with E-state index in [1.165, 1.54) is 0 Å². The van der Waals surface area contributed by atoms with Gasteiger partial charge in [0.05, 0.1) is 16.2 Å². The van der Waals surface area contributed by atoms with Gasteiger partial charge < -0.3 is 11.1 Å². The van der Waals surface area contributed by atoms with E-state index in [0.29, 0.717) is 6.42 Å². The van der Waals surface area contributed by atoms with Crippen LogP contribution in [0.2, 0.25) is 0 Å². The van der Waals surface area contributed by atoms with Gasteiger partial charge in [0, 0.05) is 12.3 Å². The van der Waals surface area contributed by atoms with Gasteiger partial charge in [0.1, 0.15) is 0 Å². The molecule has 0 aromatic heterocycles. The number of sulfone groups is 1. The predicted octanol–water partition coefficient (Wildman–Crippen LogP) is 0.240. The Morgan fingerprint density at radius 3 is 2.29 bits per heavy atom. The fraction of sp³-hybridized carbons (Fsp3) is 0.800. The maximum absolute atomic E-state index is 11.8. The molecule has 0 saturated heterocycles. The lowest BCUT2D eigenvalue weighted by atomic mass is 9.86. The van der Waals surface area contributed by atoms with Gasteiger partial charge in [-0.15, -0.1) is 0 Å². The Bertz CT molecular complexity index is 392. The van der Waals surface area contributed by atoms with Crippen molar-refractivity contribution in [3.63, 3.8) is 0 Å². The second-order valence-electron chi connectivity index (χ2n) is 4.04. The molecule has 0 aliphatic carbocycles. The molecule has 0 aromatic carbocycles. The highest BCUT2D eigenvalue weighted by molar-refractivity contribution is 7.91. The largest absolute Gasteiger partial charge is 0.392 e. The molecule has 17 heavy (non-hydrogen) atoms. The molecule has 7 heteroatoms. The van der Waals surface area contributed by atoms with E-state index in [2.05, 4.69) is 5.32 Å². The molecule has 0 saturated carbocycles. The van der Waals surface area contributed by atoms with Crippen LogP contribution in [0.1, 0.15) is 27.2 Å². The van der Waals surface area contributed by atoms with Crippen LogP contribution in [0.4, 0.5) is 0 Å². The Kier molecular flexibility index (Phi) is 6.04. The fourth-order valence-electron chi connectivity index (χ4n) is 1.11. The summed E-state index contributed by atoms with van der Waals surface area (Å²) in [6, 6.07) is 0. The first-order valence-electron chi connectivity index (χ1n) is 5.48. The zero-order chi connectivity index (χ0) is 13.7. The van der Waals surface area contributed by atoms with Crippen LogP contribution < -0.4 is 11.1 Å². The average Bonchev–Trinajstić information content (AvgIpc) is 2.27. The molecule has 0 rings (SSSR count). The minimum absolute atomic E-state index is 0.0631. The highest BCUT2D eigenvalue weighted by Crippen LogP contribution is 2.21. The molecule has 0 fully saturated rings. The summed E-state index contributed by atoms with van der Waals surface area (Å²) in [4.78, 5) is 12.0. The van der Waals surface area contributed by atoms with Crippen LogP contribution >= 0.6 is 12.2 Å². The second-order valence-corrected chi connectivity index (χ2v) is 6.95. The lowest BCUT2D eigenvalue weighted by Crippen LogP contribution is -2.47. The Morgan fingerprint density at radius 2 is 1.94 bits per heavy atom. The average molecular weight is 280 g/mol. The molecule has 100 valence electrons. The van der Waals surface area contributed by atoms with Crippen molar-refractivity contribution >= 4 is 33.0 Å². The van der Waals surface area contributed by atoms with Crippen LogP contribution in [0.3, 0.4) is 0 Å². The molecule has 1 unspecified atom stereocenters. The highest BCUT2D eigenvalue weighted by Gasteiger charge is 2.34. The summed E-state index contributed by atoms with van der Waals surface area (Å²) in [5.41, 5.74) is 4.61. The summed E-state index contributed by atoms with van der Waals surface area (Å²) in [7, 11) is -3.07. The highest BCUT2D eigenvalue weighted by atomic mass is 32.2. The van der Waals surface area contributed by atoms with Crippen molar-refractivity contribution in [1.82, 2.24) is 5.32 Å². The first-order chi connectivity index (χ1) is 7.69. The molecule has 0 heterocycles. The van der Waals surface area contributed by atoms with Gasteiger partial charge in [-0.3, -0.25) is 4.79 Å². The van der Waals surface area contributed by atoms with E-state index in [-0.39, 0.29) is 28.9 Å². The third-order valence-corrected chi connectivity index (χ3v) is 5.05. The Morgan fingerprint density at radius 1 is 1.41 bits per heavy atom. The Balaban J connectivity index is 4.42. The van der Waals surface area contributed by atoms with Gasteiger partial charge in [-0.05, 0) is 13.3 Å². The standard InChI is InChI=1S/C10H20N2O3S2/c1-4-10(3,8(11)16)9(13)12-6-7-17(14,15)5-2/h4-7H2,1-3H3,(H2,11,16)(H,12,13). The summed E-state index contributed by atoms with van der Waals surface area (Å²) in [5, 5.41) is 2.56. The molecule has 0 aliphatic heterocycles. The van der Waals surface area contributed by atoms with Crippen molar-refractivity contribution < 1.29 is 13.2 Å². The predicted molar refractivity (Wildman–Crippen MR) is 72.5 cm³/mol. The molecule has 0 aromatic rings. The van der Waals surface area contributed by atoms with E-state index in [1.54, 1.807) is 13.8 Å². The monoisotopic (exact) mass is 280 g/mol. The van der Waals surface area contributed by atoms with Crippen molar-refractivity contribution in [3.8, 4) is 0 Å². The molecule has 0 radical (unpaired) electrons. The molecule has 0 aliphatic rings. The van der Waals surface area contributed by atoms with Crippen LogP contribution in [-0.4, -0.2) is 37.4 Å². The molecule has 1 atom stereocenters. The normalized spacial score (nSPS) is 15.0.